The highest BCUT2D eigenvalue weighted by atomic mass is 79.9. The Bertz CT molecular complexity index is 309. The number of halogens is 1. The normalized spacial score (nSPS) is 10.6. The van der Waals surface area contributed by atoms with Gasteiger partial charge < -0.3 is 5.32 Å². The lowest BCUT2D eigenvalue weighted by Crippen LogP contribution is -2.30. The molecule has 1 rings (SSSR count). The van der Waals surface area contributed by atoms with Crippen molar-refractivity contribution >= 4 is 21.8 Å². The highest BCUT2D eigenvalue weighted by molar-refractivity contribution is 9.10. The molecule has 4 nitrogen and oxygen atoms in total. The van der Waals surface area contributed by atoms with E-state index in [1.165, 1.54) is 0 Å². The van der Waals surface area contributed by atoms with Gasteiger partial charge in [-0.25, -0.2) is 0 Å². The standard InChI is InChI=1S/C9H14BrN3O/c1-7(2)12-9(14)3-4-13-6-8(10)5-11-13/h5-7H,3-4H2,1-2H3,(H,12,14). The largest absolute Gasteiger partial charge is 0.354 e. The molecule has 0 unspecified atom stereocenters. The molecule has 0 fully saturated rings. The number of hydrogen-bond donors (Lipinski definition) is 1. The van der Waals surface area contributed by atoms with Crippen molar-refractivity contribution < 1.29 is 4.79 Å². The van der Waals surface area contributed by atoms with Crippen LogP contribution in [0.5, 0.6) is 0 Å². The lowest BCUT2D eigenvalue weighted by atomic mass is 10.3. The monoisotopic (exact) mass is 259 g/mol. The van der Waals surface area contributed by atoms with Gasteiger partial charge in [0.15, 0.2) is 0 Å². The van der Waals surface area contributed by atoms with Gasteiger partial charge in [-0.15, -0.1) is 0 Å². The summed E-state index contributed by atoms with van der Waals surface area (Å²) < 4.78 is 2.67. The lowest BCUT2D eigenvalue weighted by Gasteiger charge is -2.07. The summed E-state index contributed by atoms with van der Waals surface area (Å²) in [4.78, 5) is 11.3. The van der Waals surface area contributed by atoms with E-state index in [1.807, 2.05) is 20.0 Å². The molecular formula is C9H14BrN3O. The molecule has 1 aromatic rings. The van der Waals surface area contributed by atoms with Crippen LogP contribution in [0.2, 0.25) is 0 Å². The summed E-state index contributed by atoms with van der Waals surface area (Å²) in [5.41, 5.74) is 0. The second-order valence-corrected chi connectivity index (χ2v) is 4.31. The van der Waals surface area contributed by atoms with Gasteiger partial charge in [-0.2, -0.15) is 5.10 Å². The van der Waals surface area contributed by atoms with Gasteiger partial charge in [0.25, 0.3) is 0 Å². The Morgan fingerprint density at radius 3 is 2.93 bits per heavy atom. The van der Waals surface area contributed by atoms with Crippen LogP contribution in [0.4, 0.5) is 0 Å². The number of nitrogens with one attached hydrogen (secondary N) is 1. The van der Waals surface area contributed by atoms with Crippen LogP contribution in [0, 0.1) is 0 Å². The van der Waals surface area contributed by atoms with Gasteiger partial charge in [0.05, 0.1) is 10.7 Å². The summed E-state index contributed by atoms with van der Waals surface area (Å²) in [7, 11) is 0. The molecule has 0 aromatic carbocycles. The number of amides is 1. The summed E-state index contributed by atoms with van der Waals surface area (Å²) in [6.07, 6.45) is 4.02. The van der Waals surface area contributed by atoms with Gasteiger partial charge in [0.1, 0.15) is 0 Å². The van der Waals surface area contributed by atoms with Crippen molar-refractivity contribution in [1.29, 1.82) is 0 Å². The topological polar surface area (TPSA) is 46.9 Å². The van der Waals surface area contributed by atoms with Crippen LogP contribution >= 0.6 is 15.9 Å². The second kappa shape index (κ2) is 5.14. The van der Waals surface area contributed by atoms with Gasteiger partial charge in [0, 0.05) is 25.2 Å². The van der Waals surface area contributed by atoms with Crippen molar-refractivity contribution in [2.75, 3.05) is 0 Å². The zero-order valence-corrected chi connectivity index (χ0v) is 9.91. The van der Waals surface area contributed by atoms with Gasteiger partial charge in [-0.3, -0.25) is 9.48 Å². The van der Waals surface area contributed by atoms with Gasteiger partial charge in [-0.1, -0.05) is 0 Å². The third-order valence-corrected chi connectivity index (χ3v) is 2.03. The van der Waals surface area contributed by atoms with Crippen LogP contribution < -0.4 is 5.32 Å². The lowest BCUT2D eigenvalue weighted by molar-refractivity contribution is -0.121. The Labute approximate surface area is 91.8 Å². The van der Waals surface area contributed by atoms with E-state index >= 15 is 0 Å². The highest BCUT2D eigenvalue weighted by Crippen LogP contribution is 2.06. The number of carbonyl (C=O) groups is 1. The first-order valence-electron chi connectivity index (χ1n) is 4.55. The van der Waals surface area contributed by atoms with Crippen LogP contribution in [0.15, 0.2) is 16.9 Å². The third kappa shape index (κ3) is 3.91. The summed E-state index contributed by atoms with van der Waals surface area (Å²) in [6.45, 7) is 4.51. The maximum atomic E-state index is 11.3. The minimum absolute atomic E-state index is 0.0617. The van der Waals surface area contributed by atoms with E-state index < -0.39 is 0 Å². The average Bonchev–Trinajstić information content (AvgIpc) is 2.47. The van der Waals surface area contributed by atoms with Crippen molar-refractivity contribution in [2.24, 2.45) is 0 Å². The number of aromatic nitrogens is 2. The molecule has 14 heavy (non-hydrogen) atoms. The number of carbonyl (C=O) groups excluding carboxylic acids is 1. The zero-order valence-electron chi connectivity index (χ0n) is 8.33. The number of hydrogen-bond acceptors (Lipinski definition) is 2. The van der Waals surface area contributed by atoms with Gasteiger partial charge in [-0.05, 0) is 29.8 Å². The minimum atomic E-state index is 0.0617. The Kier molecular flexibility index (Phi) is 4.13. The fourth-order valence-corrected chi connectivity index (χ4v) is 1.40. The highest BCUT2D eigenvalue weighted by Gasteiger charge is 2.03. The predicted molar refractivity (Wildman–Crippen MR) is 57.8 cm³/mol. The van der Waals surface area contributed by atoms with Crippen molar-refractivity contribution in [2.45, 2.75) is 32.9 Å². The molecule has 0 saturated carbocycles. The van der Waals surface area contributed by atoms with Crippen LogP contribution in [-0.2, 0) is 11.3 Å². The number of aryl methyl sites for hydroxylation is 1. The molecule has 1 N–H and O–H groups in total. The SMILES string of the molecule is CC(C)NC(=O)CCn1cc(Br)cn1. The van der Waals surface area contributed by atoms with Gasteiger partial charge >= 0.3 is 0 Å². The molecule has 0 spiro atoms. The summed E-state index contributed by atoms with van der Waals surface area (Å²) >= 11 is 3.30. The molecule has 0 aliphatic carbocycles. The van der Waals surface area contributed by atoms with Crippen molar-refractivity contribution in [3.8, 4) is 0 Å². The molecule has 1 amide bonds. The van der Waals surface area contributed by atoms with Gasteiger partial charge in [0.2, 0.25) is 5.91 Å². The summed E-state index contributed by atoms with van der Waals surface area (Å²) in [6, 6.07) is 0.201. The molecule has 5 heteroatoms. The average molecular weight is 260 g/mol. The molecule has 78 valence electrons. The molecule has 0 aliphatic heterocycles. The van der Waals surface area contributed by atoms with E-state index in [2.05, 4.69) is 26.3 Å². The Morgan fingerprint density at radius 2 is 2.43 bits per heavy atom. The molecule has 1 heterocycles. The van der Waals surface area contributed by atoms with E-state index in [0.29, 0.717) is 13.0 Å². The van der Waals surface area contributed by atoms with Crippen molar-refractivity contribution in [1.82, 2.24) is 15.1 Å². The third-order valence-electron chi connectivity index (χ3n) is 1.62. The maximum Gasteiger partial charge on any atom is 0.222 e. The quantitative estimate of drug-likeness (QED) is 0.893. The molecule has 0 radical (unpaired) electrons. The molecule has 1 aromatic heterocycles. The molecule has 0 aliphatic rings. The van der Waals surface area contributed by atoms with Crippen LogP contribution in [0.1, 0.15) is 20.3 Å². The van der Waals surface area contributed by atoms with E-state index in [1.54, 1.807) is 10.9 Å². The Hall–Kier alpha value is -0.840. The molecular weight excluding hydrogens is 246 g/mol. The van der Waals surface area contributed by atoms with Crippen LogP contribution in [0.25, 0.3) is 0 Å². The molecule has 0 atom stereocenters. The smallest absolute Gasteiger partial charge is 0.222 e. The fourth-order valence-electron chi connectivity index (χ4n) is 1.07. The van der Waals surface area contributed by atoms with Crippen LogP contribution in [0.3, 0.4) is 0 Å². The van der Waals surface area contributed by atoms with Crippen molar-refractivity contribution in [3.05, 3.63) is 16.9 Å². The summed E-state index contributed by atoms with van der Waals surface area (Å²) in [5.74, 6) is 0.0617. The molecule has 0 saturated heterocycles. The predicted octanol–water partition coefficient (Wildman–Crippen LogP) is 1.56. The Morgan fingerprint density at radius 1 is 1.71 bits per heavy atom. The summed E-state index contributed by atoms with van der Waals surface area (Å²) in [5, 5.41) is 6.88. The van der Waals surface area contributed by atoms with E-state index in [0.717, 1.165) is 4.47 Å². The Balaban J connectivity index is 2.30. The fraction of sp³-hybridized carbons (Fsp3) is 0.556. The van der Waals surface area contributed by atoms with Crippen molar-refractivity contribution in [3.63, 3.8) is 0 Å². The number of rotatable bonds is 4. The first-order valence-corrected chi connectivity index (χ1v) is 5.34. The molecule has 0 bridgehead atoms. The zero-order chi connectivity index (χ0) is 10.6. The minimum Gasteiger partial charge on any atom is -0.354 e. The maximum absolute atomic E-state index is 11.3. The van der Waals surface area contributed by atoms with E-state index in [9.17, 15) is 4.79 Å². The van der Waals surface area contributed by atoms with E-state index in [-0.39, 0.29) is 11.9 Å². The first-order chi connectivity index (χ1) is 6.58. The first kappa shape index (κ1) is 11.2. The second-order valence-electron chi connectivity index (χ2n) is 3.39. The number of nitrogens with zero attached hydrogens (tertiary/aromatic N) is 2. The van der Waals surface area contributed by atoms with E-state index in [4.69, 9.17) is 0 Å². The van der Waals surface area contributed by atoms with Crippen LogP contribution in [-0.4, -0.2) is 21.7 Å².